The lowest BCUT2D eigenvalue weighted by Gasteiger charge is -2.05. The molecule has 1 heterocycles. The Morgan fingerprint density at radius 3 is 2.94 bits per heavy atom. The van der Waals surface area contributed by atoms with Crippen LogP contribution in [0.2, 0.25) is 5.02 Å². The molecule has 6 heteroatoms. The fourth-order valence-electron chi connectivity index (χ4n) is 1.17. The molecular weight excluding hydrogens is 233 g/mol. The Kier molecular flexibility index (Phi) is 3.05. The molecule has 0 spiro atoms. The van der Waals surface area contributed by atoms with Crippen LogP contribution in [0.4, 0.5) is 4.39 Å². The van der Waals surface area contributed by atoms with E-state index in [0.717, 1.165) is 0 Å². The molecule has 0 amide bonds. The molecule has 1 aromatic carbocycles. The van der Waals surface area contributed by atoms with Gasteiger partial charge in [0, 0.05) is 13.1 Å². The van der Waals surface area contributed by atoms with Gasteiger partial charge >= 0.3 is 0 Å². The van der Waals surface area contributed by atoms with Gasteiger partial charge in [0.1, 0.15) is 24.5 Å². The molecule has 4 nitrogen and oxygen atoms in total. The molecular formula is C10H9ClFN3O. The zero-order chi connectivity index (χ0) is 11.5. The standard InChI is InChI=1S/C10H9ClFN3O/c1-15-10(13-6-14-15)5-16-7-2-3-8(11)9(12)4-7/h2-4,6H,5H2,1H3. The van der Waals surface area contributed by atoms with Crippen molar-refractivity contribution in [2.45, 2.75) is 6.61 Å². The summed E-state index contributed by atoms with van der Waals surface area (Å²) in [6.07, 6.45) is 1.43. The van der Waals surface area contributed by atoms with Gasteiger partial charge in [-0.1, -0.05) is 11.6 Å². The number of ether oxygens (including phenoxy) is 1. The number of aromatic nitrogens is 3. The first-order valence-corrected chi connectivity index (χ1v) is 4.95. The molecule has 0 aliphatic heterocycles. The monoisotopic (exact) mass is 241 g/mol. The average molecular weight is 242 g/mol. The van der Waals surface area contributed by atoms with E-state index >= 15 is 0 Å². The van der Waals surface area contributed by atoms with Gasteiger partial charge in [-0.05, 0) is 12.1 Å². The molecule has 2 aromatic rings. The number of aryl methyl sites for hydroxylation is 1. The molecule has 16 heavy (non-hydrogen) atoms. The Hall–Kier alpha value is -1.62. The summed E-state index contributed by atoms with van der Waals surface area (Å²) in [6.45, 7) is 0.234. The van der Waals surface area contributed by atoms with Gasteiger partial charge in [-0.2, -0.15) is 5.10 Å². The van der Waals surface area contributed by atoms with E-state index in [0.29, 0.717) is 11.6 Å². The van der Waals surface area contributed by atoms with Crippen molar-refractivity contribution in [3.8, 4) is 5.75 Å². The van der Waals surface area contributed by atoms with Crippen LogP contribution in [0, 0.1) is 5.82 Å². The van der Waals surface area contributed by atoms with Crippen LogP contribution in [0.15, 0.2) is 24.5 Å². The molecule has 1 aromatic heterocycles. The van der Waals surface area contributed by atoms with Crippen LogP contribution in [-0.2, 0) is 13.7 Å². The Labute approximate surface area is 96.6 Å². The van der Waals surface area contributed by atoms with Crippen LogP contribution in [-0.4, -0.2) is 14.8 Å². The Bertz CT molecular complexity index is 501. The smallest absolute Gasteiger partial charge is 0.164 e. The maximum atomic E-state index is 13.1. The molecule has 0 radical (unpaired) electrons. The Balaban J connectivity index is 2.05. The van der Waals surface area contributed by atoms with Gasteiger partial charge in [-0.15, -0.1) is 0 Å². The van der Waals surface area contributed by atoms with Crippen molar-refractivity contribution in [1.82, 2.24) is 14.8 Å². The van der Waals surface area contributed by atoms with Gasteiger partial charge in [0.05, 0.1) is 5.02 Å². The van der Waals surface area contributed by atoms with Crippen LogP contribution in [0.3, 0.4) is 0 Å². The normalized spacial score (nSPS) is 10.4. The van der Waals surface area contributed by atoms with E-state index in [1.807, 2.05) is 0 Å². The van der Waals surface area contributed by atoms with Crippen LogP contribution in [0.5, 0.6) is 5.75 Å². The van der Waals surface area contributed by atoms with E-state index < -0.39 is 5.82 Å². The number of rotatable bonds is 3. The third-order valence-electron chi connectivity index (χ3n) is 2.06. The second kappa shape index (κ2) is 4.49. The lowest BCUT2D eigenvalue weighted by molar-refractivity contribution is 0.288. The van der Waals surface area contributed by atoms with Crippen molar-refractivity contribution in [2.24, 2.45) is 7.05 Å². The molecule has 2 rings (SSSR count). The van der Waals surface area contributed by atoms with Gasteiger partial charge in [0.25, 0.3) is 0 Å². The van der Waals surface area contributed by atoms with E-state index in [2.05, 4.69) is 10.1 Å². The first-order chi connectivity index (χ1) is 7.66. The minimum absolute atomic E-state index is 0.0750. The lowest BCUT2D eigenvalue weighted by atomic mass is 10.3. The molecule has 0 bridgehead atoms. The van der Waals surface area contributed by atoms with Crippen LogP contribution >= 0.6 is 11.6 Å². The summed E-state index contributed by atoms with van der Waals surface area (Å²) < 4.78 is 20.0. The molecule has 0 saturated carbocycles. The zero-order valence-electron chi connectivity index (χ0n) is 8.52. The first-order valence-electron chi connectivity index (χ1n) is 4.57. The Morgan fingerprint density at radius 2 is 2.31 bits per heavy atom. The maximum Gasteiger partial charge on any atom is 0.164 e. The molecule has 84 valence electrons. The number of hydrogen-bond acceptors (Lipinski definition) is 3. The predicted molar refractivity (Wildman–Crippen MR) is 56.7 cm³/mol. The van der Waals surface area contributed by atoms with Crippen molar-refractivity contribution in [1.29, 1.82) is 0 Å². The maximum absolute atomic E-state index is 13.1. The average Bonchev–Trinajstić information content (AvgIpc) is 2.66. The van der Waals surface area contributed by atoms with Gasteiger partial charge in [-0.25, -0.2) is 9.37 Å². The minimum atomic E-state index is -0.503. The van der Waals surface area contributed by atoms with Crippen molar-refractivity contribution in [2.75, 3.05) is 0 Å². The van der Waals surface area contributed by atoms with Crippen molar-refractivity contribution < 1.29 is 9.13 Å². The predicted octanol–water partition coefficient (Wildman–Crippen LogP) is 2.19. The second-order valence-corrected chi connectivity index (χ2v) is 3.57. The highest BCUT2D eigenvalue weighted by Gasteiger charge is 2.04. The Morgan fingerprint density at radius 1 is 1.50 bits per heavy atom. The van der Waals surface area contributed by atoms with Gasteiger partial charge in [0.15, 0.2) is 5.82 Å². The van der Waals surface area contributed by atoms with Crippen molar-refractivity contribution >= 4 is 11.6 Å². The molecule has 0 fully saturated rings. The summed E-state index contributed by atoms with van der Waals surface area (Å²) in [7, 11) is 1.76. The van der Waals surface area contributed by atoms with E-state index in [4.69, 9.17) is 16.3 Å². The summed E-state index contributed by atoms with van der Waals surface area (Å²) in [4.78, 5) is 3.98. The lowest BCUT2D eigenvalue weighted by Crippen LogP contribution is -2.04. The molecule has 0 unspecified atom stereocenters. The number of hydrogen-bond donors (Lipinski definition) is 0. The molecule has 0 aliphatic rings. The zero-order valence-corrected chi connectivity index (χ0v) is 9.28. The SMILES string of the molecule is Cn1ncnc1COc1ccc(Cl)c(F)c1. The highest BCUT2D eigenvalue weighted by molar-refractivity contribution is 6.30. The van der Waals surface area contributed by atoms with Gasteiger partial charge in [0.2, 0.25) is 0 Å². The summed E-state index contributed by atoms with van der Waals surface area (Å²) in [5.74, 6) is 0.567. The first kappa shape index (κ1) is 10.9. The van der Waals surface area contributed by atoms with E-state index in [1.165, 1.54) is 18.5 Å². The molecule has 0 N–H and O–H groups in total. The van der Waals surface area contributed by atoms with Crippen molar-refractivity contribution in [3.63, 3.8) is 0 Å². The summed E-state index contributed by atoms with van der Waals surface area (Å²) in [6, 6.07) is 4.28. The third-order valence-corrected chi connectivity index (χ3v) is 2.37. The molecule has 0 saturated heterocycles. The molecule has 0 aliphatic carbocycles. The number of nitrogens with zero attached hydrogens (tertiary/aromatic N) is 3. The van der Waals surface area contributed by atoms with Gasteiger partial charge in [-0.3, -0.25) is 4.68 Å². The number of halogens is 2. The van der Waals surface area contributed by atoms with E-state index in [-0.39, 0.29) is 11.6 Å². The minimum Gasteiger partial charge on any atom is -0.486 e. The highest BCUT2D eigenvalue weighted by Crippen LogP contribution is 2.20. The number of benzene rings is 1. The highest BCUT2D eigenvalue weighted by atomic mass is 35.5. The van der Waals surface area contributed by atoms with Crippen LogP contribution in [0.1, 0.15) is 5.82 Å². The largest absolute Gasteiger partial charge is 0.486 e. The van der Waals surface area contributed by atoms with Crippen LogP contribution < -0.4 is 4.74 Å². The summed E-state index contributed by atoms with van der Waals surface area (Å²) in [5, 5.41) is 3.97. The summed E-state index contributed by atoms with van der Waals surface area (Å²) >= 11 is 5.55. The quantitative estimate of drug-likeness (QED) is 0.827. The fourth-order valence-corrected chi connectivity index (χ4v) is 1.28. The molecule has 0 atom stereocenters. The second-order valence-electron chi connectivity index (χ2n) is 3.16. The van der Waals surface area contributed by atoms with Crippen molar-refractivity contribution in [3.05, 3.63) is 41.2 Å². The van der Waals surface area contributed by atoms with E-state index in [1.54, 1.807) is 17.8 Å². The topological polar surface area (TPSA) is 39.9 Å². The van der Waals surface area contributed by atoms with Crippen LogP contribution in [0.25, 0.3) is 0 Å². The van der Waals surface area contributed by atoms with E-state index in [9.17, 15) is 4.39 Å². The summed E-state index contributed by atoms with van der Waals surface area (Å²) in [5.41, 5.74) is 0. The fraction of sp³-hybridized carbons (Fsp3) is 0.200. The third kappa shape index (κ3) is 2.30. The van der Waals surface area contributed by atoms with Gasteiger partial charge < -0.3 is 4.74 Å².